The molecule has 2 amide bonds. The number of carbonyl (C=O) groups excluding carboxylic acids is 2. The second kappa shape index (κ2) is 8.54. The van der Waals surface area contributed by atoms with Gasteiger partial charge in [-0.05, 0) is 44.2 Å². The summed E-state index contributed by atoms with van der Waals surface area (Å²) in [5, 5.41) is 6.80. The van der Waals surface area contributed by atoms with Gasteiger partial charge in [-0.2, -0.15) is 4.98 Å². The third kappa shape index (κ3) is 4.40. The van der Waals surface area contributed by atoms with Gasteiger partial charge in [-0.1, -0.05) is 37.2 Å². The molecule has 1 aliphatic rings. The SMILES string of the molecule is Cc1noc(C2CCN(C(=O)C(NC(=O)c3ccccc3C)C(C)C)CC2)n1. The summed E-state index contributed by atoms with van der Waals surface area (Å²) >= 11 is 0. The molecule has 1 N–H and O–H groups in total. The van der Waals surface area contributed by atoms with E-state index >= 15 is 0 Å². The molecule has 0 saturated carbocycles. The molecule has 0 radical (unpaired) electrons. The van der Waals surface area contributed by atoms with Gasteiger partial charge >= 0.3 is 0 Å². The fourth-order valence-corrected chi connectivity index (χ4v) is 3.58. The number of carbonyl (C=O) groups is 2. The molecular formula is C21H28N4O3. The van der Waals surface area contributed by atoms with Gasteiger partial charge in [-0.3, -0.25) is 9.59 Å². The number of aromatic nitrogens is 2. The van der Waals surface area contributed by atoms with Crippen LogP contribution in [-0.2, 0) is 4.79 Å². The number of aryl methyl sites for hydroxylation is 2. The zero-order valence-electron chi connectivity index (χ0n) is 16.9. The van der Waals surface area contributed by atoms with Gasteiger partial charge < -0.3 is 14.7 Å². The number of rotatable bonds is 5. The first kappa shape index (κ1) is 20.0. The van der Waals surface area contributed by atoms with Crippen LogP contribution in [0, 0.1) is 19.8 Å². The number of nitrogens with zero attached hydrogens (tertiary/aromatic N) is 3. The van der Waals surface area contributed by atoms with E-state index in [1.807, 2.05) is 43.9 Å². The van der Waals surface area contributed by atoms with Crippen molar-refractivity contribution in [3.8, 4) is 0 Å². The maximum atomic E-state index is 13.1. The van der Waals surface area contributed by atoms with E-state index in [1.54, 1.807) is 13.0 Å². The molecule has 7 nitrogen and oxygen atoms in total. The molecular weight excluding hydrogens is 356 g/mol. The van der Waals surface area contributed by atoms with Gasteiger partial charge in [-0.25, -0.2) is 0 Å². The summed E-state index contributed by atoms with van der Waals surface area (Å²) in [6, 6.07) is 6.86. The van der Waals surface area contributed by atoms with Gasteiger partial charge in [0.1, 0.15) is 6.04 Å². The minimum atomic E-state index is -0.547. The van der Waals surface area contributed by atoms with E-state index in [1.165, 1.54) is 0 Å². The first-order valence-electron chi connectivity index (χ1n) is 9.82. The summed E-state index contributed by atoms with van der Waals surface area (Å²) in [6.07, 6.45) is 1.56. The van der Waals surface area contributed by atoms with Crippen LogP contribution in [0.4, 0.5) is 0 Å². The lowest BCUT2D eigenvalue weighted by molar-refractivity contribution is -0.135. The second-order valence-corrected chi connectivity index (χ2v) is 7.79. The fourth-order valence-electron chi connectivity index (χ4n) is 3.58. The third-order valence-electron chi connectivity index (χ3n) is 5.31. The summed E-state index contributed by atoms with van der Waals surface area (Å²) in [5.74, 6) is 1.23. The molecule has 1 aliphatic heterocycles. The lowest BCUT2D eigenvalue weighted by Gasteiger charge is -2.34. The standard InChI is InChI=1S/C21H28N4O3/c1-13(2)18(23-19(26)17-8-6-5-7-14(17)3)21(27)25-11-9-16(10-12-25)20-22-15(4)24-28-20/h5-8,13,16,18H,9-12H2,1-4H3,(H,23,26). The van der Waals surface area contributed by atoms with Crippen LogP contribution in [-0.4, -0.2) is 46.0 Å². The molecule has 1 aromatic carbocycles. The van der Waals surface area contributed by atoms with Gasteiger partial charge in [0.2, 0.25) is 11.8 Å². The first-order valence-corrected chi connectivity index (χ1v) is 9.82. The molecule has 1 fully saturated rings. The topological polar surface area (TPSA) is 88.3 Å². The van der Waals surface area contributed by atoms with Crippen molar-refractivity contribution in [3.63, 3.8) is 0 Å². The fraction of sp³-hybridized carbons (Fsp3) is 0.524. The summed E-state index contributed by atoms with van der Waals surface area (Å²) in [4.78, 5) is 31.9. The lowest BCUT2D eigenvalue weighted by Crippen LogP contribution is -2.53. The molecule has 28 heavy (non-hydrogen) atoms. The van der Waals surface area contributed by atoms with Crippen molar-refractivity contribution in [1.82, 2.24) is 20.4 Å². The smallest absolute Gasteiger partial charge is 0.252 e. The minimum Gasteiger partial charge on any atom is -0.341 e. The van der Waals surface area contributed by atoms with Crippen molar-refractivity contribution >= 4 is 11.8 Å². The highest BCUT2D eigenvalue weighted by Gasteiger charge is 2.33. The van der Waals surface area contributed by atoms with E-state index in [-0.39, 0.29) is 23.7 Å². The highest BCUT2D eigenvalue weighted by molar-refractivity contribution is 5.98. The Labute approximate surface area is 165 Å². The predicted octanol–water partition coefficient (Wildman–Crippen LogP) is 2.85. The quantitative estimate of drug-likeness (QED) is 0.856. The minimum absolute atomic E-state index is 0.00298. The zero-order chi connectivity index (χ0) is 20.3. The number of hydrogen-bond donors (Lipinski definition) is 1. The largest absolute Gasteiger partial charge is 0.341 e. The van der Waals surface area contributed by atoms with Crippen molar-refractivity contribution in [2.45, 2.75) is 52.5 Å². The van der Waals surface area contributed by atoms with Crippen molar-refractivity contribution in [3.05, 3.63) is 47.1 Å². The summed E-state index contributed by atoms with van der Waals surface area (Å²) < 4.78 is 5.28. The number of amides is 2. The summed E-state index contributed by atoms with van der Waals surface area (Å²) in [5.41, 5.74) is 1.50. The van der Waals surface area contributed by atoms with Crippen LogP contribution in [0.2, 0.25) is 0 Å². The zero-order valence-corrected chi connectivity index (χ0v) is 16.9. The maximum absolute atomic E-state index is 13.1. The Morgan fingerprint density at radius 3 is 2.43 bits per heavy atom. The molecule has 7 heteroatoms. The Morgan fingerprint density at radius 1 is 1.18 bits per heavy atom. The number of nitrogens with one attached hydrogen (secondary N) is 1. The number of benzene rings is 1. The van der Waals surface area contributed by atoms with E-state index in [0.717, 1.165) is 18.4 Å². The van der Waals surface area contributed by atoms with Crippen LogP contribution < -0.4 is 5.32 Å². The van der Waals surface area contributed by atoms with Crippen molar-refractivity contribution in [1.29, 1.82) is 0 Å². The van der Waals surface area contributed by atoms with Gasteiger partial charge in [0, 0.05) is 24.6 Å². The van der Waals surface area contributed by atoms with Crippen LogP contribution in [0.25, 0.3) is 0 Å². The van der Waals surface area contributed by atoms with E-state index in [2.05, 4.69) is 15.5 Å². The third-order valence-corrected chi connectivity index (χ3v) is 5.31. The van der Waals surface area contributed by atoms with E-state index in [0.29, 0.717) is 30.4 Å². The number of likely N-dealkylation sites (tertiary alicyclic amines) is 1. The van der Waals surface area contributed by atoms with E-state index in [4.69, 9.17) is 4.52 Å². The molecule has 3 rings (SSSR count). The van der Waals surface area contributed by atoms with Crippen LogP contribution >= 0.6 is 0 Å². The van der Waals surface area contributed by atoms with E-state index in [9.17, 15) is 9.59 Å². The summed E-state index contributed by atoms with van der Waals surface area (Å²) in [7, 11) is 0. The van der Waals surface area contributed by atoms with Crippen LogP contribution in [0.5, 0.6) is 0 Å². The monoisotopic (exact) mass is 384 g/mol. The second-order valence-electron chi connectivity index (χ2n) is 7.79. The van der Waals surface area contributed by atoms with Crippen LogP contribution in [0.15, 0.2) is 28.8 Å². The molecule has 150 valence electrons. The van der Waals surface area contributed by atoms with Crippen molar-refractivity contribution in [2.75, 3.05) is 13.1 Å². The molecule has 1 aromatic heterocycles. The van der Waals surface area contributed by atoms with E-state index < -0.39 is 6.04 Å². The molecule has 2 aromatic rings. The average molecular weight is 384 g/mol. The highest BCUT2D eigenvalue weighted by atomic mass is 16.5. The van der Waals surface area contributed by atoms with Crippen LogP contribution in [0.3, 0.4) is 0 Å². The summed E-state index contributed by atoms with van der Waals surface area (Å²) in [6.45, 7) is 8.84. The molecule has 2 heterocycles. The molecule has 0 spiro atoms. The molecule has 0 bridgehead atoms. The highest BCUT2D eigenvalue weighted by Crippen LogP contribution is 2.27. The van der Waals surface area contributed by atoms with Crippen molar-refractivity contribution in [2.24, 2.45) is 5.92 Å². The Bertz CT molecular complexity index is 838. The Hall–Kier alpha value is -2.70. The average Bonchev–Trinajstić information content (AvgIpc) is 3.12. The van der Waals surface area contributed by atoms with Gasteiger partial charge in [0.25, 0.3) is 5.91 Å². The molecule has 1 unspecified atom stereocenters. The number of piperidine rings is 1. The first-order chi connectivity index (χ1) is 13.4. The Kier molecular flexibility index (Phi) is 6.11. The Morgan fingerprint density at radius 2 is 1.86 bits per heavy atom. The van der Waals surface area contributed by atoms with Gasteiger partial charge in [-0.15, -0.1) is 0 Å². The van der Waals surface area contributed by atoms with Gasteiger partial charge in [0.05, 0.1) is 0 Å². The molecule has 1 saturated heterocycles. The normalized spacial score (nSPS) is 16.2. The molecule has 0 aliphatic carbocycles. The predicted molar refractivity (Wildman–Crippen MR) is 105 cm³/mol. The van der Waals surface area contributed by atoms with Crippen molar-refractivity contribution < 1.29 is 14.1 Å². The van der Waals surface area contributed by atoms with Gasteiger partial charge in [0.15, 0.2) is 5.82 Å². The molecule has 1 atom stereocenters. The Balaban J connectivity index is 1.63. The van der Waals surface area contributed by atoms with Crippen LogP contribution in [0.1, 0.15) is 60.2 Å². The lowest BCUT2D eigenvalue weighted by atomic mass is 9.94. The number of hydrogen-bond acceptors (Lipinski definition) is 5. The maximum Gasteiger partial charge on any atom is 0.252 e.